The molecule has 2 aromatic rings. The largest absolute Gasteiger partial charge is 0.495 e. The van der Waals surface area contributed by atoms with Crippen molar-refractivity contribution in [2.75, 3.05) is 51.8 Å². The number of ether oxygens (including phenoxy) is 2. The highest BCUT2D eigenvalue weighted by Crippen LogP contribution is 2.28. The summed E-state index contributed by atoms with van der Waals surface area (Å²) in [5, 5.41) is 10.7. The molecule has 0 bridgehead atoms. The number of carbonyl (C=O) groups is 1. The molecule has 1 amide bonds. The molecular weight excluding hydrogens is 370 g/mol. The van der Waals surface area contributed by atoms with Crippen LogP contribution in [-0.4, -0.2) is 62.9 Å². The predicted molar refractivity (Wildman–Crippen MR) is 112 cm³/mol. The molecule has 2 aromatic carbocycles. The molecule has 1 heterocycles. The van der Waals surface area contributed by atoms with Crippen LogP contribution < -0.4 is 15.4 Å². The number of aliphatic hydroxyl groups excluding tert-OH is 1. The quantitative estimate of drug-likeness (QED) is 0.704. The third-order valence-electron chi connectivity index (χ3n) is 5.31. The zero-order valence-corrected chi connectivity index (χ0v) is 17.0. The van der Waals surface area contributed by atoms with Crippen molar-refractivity contribution >= 4 is 11.6 Å². The maximum absolute atomic E-state index is 11.7. The van der Waals surface area contributed by atoms with Crippen molar-refractivity contribution in [2.45, 2.75) is 12.7 Å². The zero-order chi connectivity index (χ0) is 20.8. The molecule has 7 nitrogen and oxygen atoms in total. The van der Waals surface area contributed by atoms with Gasteiger partial charge in [-0.1, -0.05) is 24.3 Å². The summed E-state index contributed by atoms with van der Waals surface area (Å²) in [6.45, 7) is 4.18. The lowest BCUT2D eigenvalue weighted by Crippen LogP contribution is -2.47. The minimum atomic E-state index is -0.692. The fourth-order valence-electron chi connectivity index (χ4n) is 3.72. The van der Waals surface area contributed by atoms with Crippen LogP contribution >= 0.6 is 0 Å². The molecule has 3 N–H and O–H groups in total. The Morgan fingerprint density at radius 3 is 2.52 bits per heavy atom. The molecule has 0 radical (unpaired) electrons. The lowest BCUT2D eigenvalue weighted by Gasteiger charge is -2.37. The first-order chi connectivity index (χ1) is 14.0. The Labute approximate surface area is 171 Å². The molecule has 7 heteroatoms. The molecule has 0 spiro atoms. The predicted octanol–water partition coefficient (Wildman–Crippen LogP) is 1.80. The number of amides is 1. The molecule has 29 heavy (non-hydrogen) atoms. The highest BCUT2D eigenvalue weighted by atomic mass is 16.5. The van der Waals surface area contributed by atoms with Crippen LogP contribution in [0.3, 0.4) is 0 Å². The van der Waals surface area contributed by atoms with Gasteiger partial charge in [0.25, 0.3) is 0 Å². The molecule has 0 saturated carbocycles. The minimum absolute atomic E-state index is 0.305. The number of nitrogens with zero attached hydrogens (tertiary/aromatic N) is 2. The van der Waals surface area contributed by atoms with E-state index < -0.39 is 12.0 Å². The summed E-state index contributed by atoms with van der Waals surface area (Å²) in [6, 6.07) is 13.3. The van der Waals surface area contributed by atoms with Crippen LogP contribution in [0.4, 0.5) is 5.69 Å². The smallest absolute Gasteiger partial charge is 0.249 e. The first-order valence-electron chi connectivity index (χ1n) is 9.73. The molecule has 1 aliphatic rings. The Morgan fingerprint density at radius 1 is 1.14 bits per heavy atom. The maximum atomic E-state index is 11.7. The van der Waals surface area contributed by atoms with E-state index in [-0.39, 0.29) is 0 Å². The number of β-amino-alcohol motifs (C(OH)–C–C–N with tert-alkyl or cyclic N) is 1. The second-order valence-corrected chi connectivity index (χ2v) is 7.19. The molecule has 0 aromatic heterocycles. The number of aliphatic hydroxyl groups is 1. The van der Waals surface area contributed by atoms with E-state index in [1.54, 1.807) is 26.4 Å². The zero-order valence-electron chi connectivity index (χ0n) is 17.0. The maximum Gasteiger partial charge on any atom is 0.249 e. The second kappa shape index (κ2) is 9.73. The molecule has 1 atom stereocenters. The summed E-state index contributed by atoms with van der Waals surface area (Å²) in [5.74, 6) is 0.354. The van der Waals surface area contributed by atoms with Gasteiger partial charge in [0.15, 0.2) is 0 Å². The SMILES string of the molecule is COCc1ccc(C(O)CN2CCN(c3ccccc3OC)CC2)cc1C(N)=O. The first-order valence-corrected chi connectivity index (χ1v) is 9.73. The number of benzene rings is 2. The van der Waals surface area contributed by atoms with Crippen molar-refractivity contribution in [1.29, 1.82) is 0 Å². The van der Waals surface area contributed by atoms with Crippen molar-refractivity contribution in [3.05, 3.63) is 59.2 Å². The summed E-state index contributed by atoms with van der Waals surface area (Å²) in [4.78, 5) is 16.3. The van der Waals surface area contributed by atoms with Crippen molar-refractivity contribution < 1.29 is 19.4 Å². The fourth-order valence-corrected chi connectivity index (χ4v) is 3.72. The molecule has 1 aliphatic heterocycles. The van der Waals surface area contributed by atoms with Crippen LogP contribution in [0.25, 0.3) is 0 Å². The summed E-state index contributed by atoms with van der Waals surface area (Å²) in [7, 11) is 3.25. The van der Waals surface area contributed by atoms with E-state index in [1.165, 1.54) is 0 Å². The number of carbonyl (C=O) groups excluding carboxylic acids is 1. The van der Waals surface area contributed by atoms with Gasteiger partial charge in [0.2, 0.25) is 5.91 Å². The summed E-state index contributed by atoms with van der Waals surface area (Å²) in [6.07, 6.45) is -0.692. The summed E-state index contributed by atoms with van der Waals surface area (Å²) in [5.41, 5.74) is 8.39. The van der Waals surface area contributed by atoms with Gasteiger partial charge in [-0.3, -0.25) is 9.69 Å². The van der Waals surface area contributed by atoms with Crippen molar-refractivity contribution in [3.63, 3.8) is 0 Å². The van der Waals surface area contributed by atoms with Gasteiger partial charge in [-0.05, 0) is 29.3 Å². The van der Waals surface area contributed by atoms with Gasteiger partial charge in [-0.15, -0.1) is 0 Å². The molecule has 156 valence electrons. The highest BCUT2D eigenvalue weighted by molar-refractivity contribution is 5.94. The Balaban J connectivity index is 1.62. The van der Waals surface area contributed by atoms with Crippen molar-refractivity contribution in [1.82, 2.24) is 4.90 Å². The number of nitrogens with two attached hydrogens (primary N) is 1. The third-order valence-corrected chi connectivity index (χ3v) is 5.31. The van der Waals surface area contributed by atoms with Crippen LogP contribution in [0.2, 0.25) is 0 Å². The average Bonchev–Trinajstić information content (AvgIpc) is 2.74. The monoisotopic (exact) mass is 399 g/mol. The van der Waals surface area contributed by atoms with Crippen LogP contribution in [0.5, 0.6) is 5.75 Å². The van der Waals surface area contributed by atoms with Crippen LogP contribution in [0.15, 0.2) is 42.5 Å². The number of rotatable bonds is 8. The van der Waals surface area contributed by atoms with Gasteiger partial charge >= 0.3 is 0 Å². The van der Waals surface area contributed by atoms with Gasteiger partial charge in [0.05, 0.1) is 25.5 Å². The molecular formula is C22H29N3O4. The fraction of sp³-hybridized carbons (Fsp3) is 0.409. The topological polar surface area (TPSA) is 88.3 Å². The summed E-state index contributed by atoms with van der Waals surface area (Å²) < 4.78 is 10.6. The van der Waals surface area contributed by atoms with Gasteiger partial charge in [-0.2, -0.15) is 0 Å². The van der Waals surface area contributed by atoms with E-state index in [0.29, 0.717) is 24.3 Å². The summed E-state index contributed by atoms with van der Waals surface area (Å²) >= 11 is 0. The standard InChI is InChI=1S/C22H29N3O4/c1-28-15-17-8-7-16(13-18(17)22(23)27)20(26)14-24-9-11-25(12-10-24)19-5-3-4-6-21(19)29-2/h3-8,13,20,26H,9-12,14-15H2,1-2H3,(H2,23,27). The second-order valence-electron chi connectivity index (χ2n) is 7.19. The Morgan fingerprint density at radius 2 is 1.86 bits per heavy atom. The van der Waals surface area contributed by atoms with E-state index in [4.69, 9.17) is 15.2 Å². The van der Waals surface area contributed by atoms with Crippen molar-refractivity contribution in [3.8, 4) is 5.75 Å². The van der Waals surface area contributed by atoms with Gasteiger partial charge < -0.3 is 25.2 Å². The van der Waals surface area contributed by atoms with Crippen LogP contribution in [-0.2, 0) is 11.3 Å². The van der Waals surface area contributed by atoms with E-state index in [2.05, 4.69) is 15.9 Å². The number of primary amides is 1. The molecule has 1 fully saturated rings. The van der Waals surface area contributed by atoms with Gasteiger partial charge in [0.1, 0.15) is 5.75 Å². The number of methoxy groups -OCH3 is 2. The lowest BCUT2D eigenvalue weighted by molar-refractivity contribution is 0.0992. The number of anilines is 1. The average molecular weight is 399 g/mol. The Bertz CT molecular complexity index is 835. The number of hydrogen-bond acceptors (Lipinski definition) is 6. The molecule has 1 unspecified atom stereocenters. The van der Waals surface area contributed by atoms with Gasteiger partial charge in [-0.25, -0.2) is 0 Å². The molecule has 1 saturated heterocycles. The Hall–Kier alpha value is -2.61. The van der Waals surface area contributed by atoms with E-state index in [0.717, 1.165) is 43.2 Å². The third kappa shape index (κ3) is 5.06. The van der Waals surface area contributed by atoms with Crippen LogP contribution in [0.1, 0.15) is 27.6 Å². The van der Waals surface area contributed by atoms with Crippen molar-refractivity contribution in [2.24, 2.45) is 5.73 Å². The molecule has 0 aliphatic carbocycles. The van der Waals surface area contributed by atoms with E-state index in [1.807, 2.05) is 24.3 Å². The van der Waals surface area contributed by atoms with E-state index in [9.17, 15) is 9.90 Å². The van der Waals surface area contributed by atoms with Crippen LogP contribution in [0, 0.1) is 0 Å². The van der Waals surface area contributed by atoms with E-state index >= 15 is 0 Å². The minimum Gasteiger partial charge on any atom is -0.495 e. The first kappa shape index (κ1) is 21.1. The number of para-hydroxylation sites is 2. The molecule has 3 rings (SSSR count). The lowest BCUT2D eigenvalue weighted by atomic mass is 10.00. The Kier molecular flexibility index (Phi) is 7.09. The number of hydrogen-bond donors (Lipinski definition) is 2. The normalized spacial score (nSPS) is 15.9. The van der Waals surface area contributed by atoms with Gasteiger partial charge in [0, 0.05) is 45.4 Å². The number of piperazine rings is 1. The highest BCUT2D eigenvalue weighted by Gasteiger charge is 2.22.